The Morgan fingerprint density at radius 2 is 2.28 bits per heavy atom. The van der Waals surface area contributed by atoms with Crippen molar-refractivity contribution in [1.82, 2.24) is 15.5 Å². The summed E-state index contributed by atoms with van der Waals surface area (Å²) in [5.74, 6) is -0.713. The summed E-state index contributed by atoms with van der Waals surface area (Å²) in [6.07, 6.45) is 0. The molecule has 0 fully saturated rings. The van der Waals surface area contributed by atoms with Crippen LogP contribution >= 0.6 is 11.3 Å². The fourth-order valence-electron chi connectivity index (χ4n) is 1.44. The van der Waals surface area contributed by atoms with Crippen LogP contribution in [0.3, 0.4) is 0 Å². The van der Waals surface area contributed by atoms with E-state index < -0.39 is 0 Å². The molecule has 0 aliphatic rings. The van der Waals surface area contributed by atoms with Crippen LogP contribution in [0.1, 0.15) is 28.3 Å². The molecule has 0 aliphatic heterocycles. The largest absolute Gasteiger partial charge is 0.374 e. The highest BCUT2D eigenvalue weighted by atomic mass is 32.1. The van der Waals surface area contributed by atoms with E-state index in [-0.39, 0.29) is 27.9 Å². The third-order valence-electron chi connectivity index (χ3n) is 2.33. The molecule has 0 saturated heterocycles. The minimum absolute atomic E-state index is 0.191. The Hall–Kier alpha value is -2.02. The molecule has 1 unspecified atom stereocenters. The lowest BCUT2D eigenvalue weighted by Gasteiger charge is -2.12. The molecule has 0 radical (unpaired) electrons. The number of anilines is 1. The summed E-state index contributed by atoms with van der Waals surface area (Å²) in [6.45, 7) is 1.76. The van der Waals surface area contributed by atoms with Gasteiger partial charge < -0.3 is 11.1 Å². The van der Waals surface area contributed by atoms with Gasteiger partial charge in [0.2, 0.25) is 10.1 Å². The molecule has 1 atom stereocenters. The molecule has 0 bridgehead atoms. The number of nitrogens with one attached hydrogen (secondary N) is 1. The zero-order valence-corrected chi connectivity index (χ0v) is 10.4. The van der Waals surface area contributed by atoms with E-state index in [1.165, 1.54) is 12.1 Å². The molecule has 1 heterocycles. The second kappa shape index (κ2) is 5.09. The number of hydrogen-bond acceptors (Lipinski definition) is 5. The number of carbonyl (C=O) groups excluding carboxylic acids is 1. The fourth-order valence-corrected chi connectivity index (χ4v) is 1.96. The average molecular weight is 266 g/mol. The maximum absolute atomic E-state index is 13.0. The molecule has 7 heteroatoms. The molecule has 1 aromatic carbocycles. The first-order valence-corrected chi connectivity index (χ1v) is 6.03. The van der Waals surface area contributed by atoms with Gasteiger partial charge in [-0.2, -0.15) is 0 Å². The molecule has 5 nitrogen and oxygen atoms in total. The quantitative estimate of drug-likeness (QED) is 0.886. The van der Waals surface area contributed by atoms with Crippen molar-refractivity contribution in [3.8, 4) is 0 Å². The second-order valence-electron chi connectivity index (χ2n) is 3.70. The molecule has 1 aromatic heterocycles. The second-order valence-corrected chi connectivity index (χ2v) is 4.70. The first-order valence-electron chi connectivity index (χ1n) is 5.21. The molecule has 3 N–H and O–H groups in total. The number of nitrogens with zero attached hydrogens (tertiary/aromatic N) is 2. The van der Waals surface area contributed by atoms with Gasteiger partial charge >= 0.3 is 0 Å². The van der Waals surface area contributed by atoms with Crippen molar-refractivity contribution in [2.45, 2.75) is 13.0 Å². The zero-order valence-electron chi connectivity index (χ0n) is 9.55. The molecule has 1 amide bonds. The molecule has 0 aliphatic carbocycles. The first kappa shape index (κ1) is 12.4. The predicted octanol–water partition coefficient (Wildman–Crippen LogP) is 1.75. The molecular formula is C11H11FN4OS. The van der Waals surface area contributed by atoms with Gasteiger partial charge in [0.1, 0.15) is 5.82 Å². The van der Waals surface area contributed by atoms with Gasteiger partial charge in [-0.3, -0.25) is 4.79 Å². The van der Waals surface area contributed by atoms with Crippen molar-refractivity contribution in [2.75, 3.05) is 5.73 Å². The van der Waals surface area contributed by atoms with E-state index in [1.807, 2.05) is 0 Å². The van der Waals surface area contributed by atoms with Gasteiger partial charge in [0, 0.05) is 0 Å². The van der Waals surface area contributed by atoms with Gasteiger partial charge in [-0.15, -0.1) is 10.2 Å². The van der Waals surface area contributed by atoms with Gasteiger partial charge in [-0.1, -0.05) is 23.5 Å². The summed E-state index contributed by atoms with van der Waals surface area (Å²) in [5, 5.41) is 10.3. The Morgan fingerprint density at radius 1 is 1.50 bits per heavy atom. The van der Waals surface area contributed by atoms with Crippen molar-refractivity contribution in [2.24, 2.45) is 0 Å². The minimum atomic E-state index is -0.374. The summed E-state index contributed by atoms with van der Waals surface area (Å²) < 4.78 is 13.0. The third kappa shape index (κ3) is 2.80. The standard InChI is InChI=1S/C11H11FN4OS/c1-6(7-3-2-4-8(12)5-7)14-9(17)10-15-16-11(13)18-10/h2-6H,1H3,(H2,13,16)(H,14,17). The van der Waals surface area contributed by atoms with E-state index in [0.717, 1.165) is 11.3 Å². The molecule has 0 saturated carbocycles. The van der Waals surface area contributed by atoms with E-state index in [1.54, 1.807) is 19.1 Å². The molecule has 2 aromatic rings. The van der Waals surface area contributed by atoms with Crippen molar-refractivity contribution in [3.05, 3.63) is 40.7 Å². The number of benzene rings is 1. The Kier molecular flexibility index (Phi) is 3.52. The molecule has 94 valence electrons. The van der Waals surface area contributed by atoms with E-state index in [9.17, 15) is 9.18 Å². The predicted molar refractivity (Wildman–Crippen MR) is 66.6 cm³/mol. The van der Waals surface area contributed by atoms with Gasteiger partial charge in [0.05, 0.1) is 6.04 Å². The van der Waals surface area contributed by atoms with Gasteiger partial charge in [0.25, 0.3) is 5.91 Å². The monoisotopic (exact) mass is 266 g/mol. The van der Waals surface area contributed by atoms with E-state index in [2.05, 4.69) is 15.5 Å². The van der Waals surface area contributed by atoms with E-state index >= 15 is 0 Å². The van der Waals surface area contributed by atoms with Crippen LogP contribution in [0.2, 0.25) is 0 Å². The lowest BCUT2D eigenvalue weighted by Crippen LogP contribution is -2.26. The number of halogens is 1. The summed E-state index contributed by atoms with van der Waals surface area (Å²) in [7, 11) is 0. The lowest BCUT2D eigenvalue weighted by atomic mass is 10.1. The van der Waals surface area contributed by atoms with Crippen LogP contribution in [-0.4, -0.2) is 16.1 Å². The number of aromatic nitrogens is 2. The number of amides is 1. The van der Waals surface area contributed by atoms with Crippen molar-refractivity contribution in [1.29, 1.82) is 0 Å². The Balaban J connectivity index is 2.07. The highest BCUT2D eigenvalue weighted by Crippen LogP contribution is 2.16. The van der Waals surface area contributed by atoms with Gasteiger partial charge in [-0.25, -0.2) is 4.39 Å². The molecule has 0 spiro atoms. The van der Waals surface area contributed by atoms with Crippen LogP contribution in [0.5, 0.6) is 0 Å². The highest BCUT2D eigenvalue weighted by Gasteiger charge is 2.15. The van der Waals surface area contributed by atoms with Crippen LogP contribution < -0.4 is 11.1 Å². The summed E-state index contributed by atoms with van der Waals surface area (Å²) in [6, 6.07) is 5.74. The number of rotatable bonds is 3. The van der Waals surface area contributed by atoms with Crippen LogP contribution in [0.4, 0.5) is 9.52 Å². The normalized spacial score (nSPS) is 12.1. The lowest BCUT2D eigenvalue weighted by molar-refractivity contribution is 0.0938. The van der Waals surface area contributed by atoms with Crippen molar-refractivity contribution >= 4 is 22.4 Å². The van der Waals surface area contributed by atoms with Gasteiger partial charge in [-0.05, 0) is 24.6 Å². The Labute approximate surface area is 107 Å². The van der Waals surface area contributed by atoms with Crippen LogP contribution in [0.15, 0.2) is 24.3 Å². The molecule has 2 rings (SSSR count). The SMILES string of the molecule is CC(NC(=O)c1nnc(N)s1)c1cccc(F)c1. The number of carbonyl (C=O) groups is 1. The van der Waals surface area contributed by atoms with Crippen LogP contribution in [0, 0.1) is 5.82 Å². The first-order chi connectivity index (χ1) is 8.56. The average Bonchev–Trinajstić information content (AvgIpc) is 2.76. The summed E-state index contributed by atoms with van der Waals surface area (Å²) in [4.78, 5) is 11.8. The number of hydrogen-bond donors (Lipinski definition) is 2. The zero-order chi connectivity index (χ0) is 13.1. The topological polar surface area (TPSA) is 80.9 Å². The third-order valence-corrected chi connectivity index (χ3v) is 3.08. The van der Waals surface area contributed by atoms with Crippen molar-refractivity contribution in [3.63, 3.8) is 0 Å². The number of nitrogens with two attached hydrogens (primary N) is 1. The smallest absolute Gasteiger partial charge is 0.282 e. The van der Waals surface area contributed by atoms with E-state index in [0.29, 0.717) is 5.56 Å². The summed E-state index contributed by atoms with van der Waals surface area (Å²) in [5.41, 5.74) is 6.07. The van der Waals surface area contributed by atoms with Crippen LogP contribution in [0.25, 0.3) is 0 Å². The maximum Gasteiger partial charge on any atom is 0.282 e. The Morgan fingerprint density at radius 3 is 2.89 bits per heavy atom. The van der Waals surface area contributed by atoms with Crippen molar-refractivity contribution < 1.29 is 9.18 Å². The fraction of sp³-hybridized carbons (Fsp3) is 0.182. The minimum Gasteiger partial charge on any atom is -0.374 e. The maximum atomic E-state index is 13.0. The highest BCUT2D eigenvalue weighted by molar-refractivity contribution is 7.16. The number of nitrogen functional groups attached to an aromatic ring is 1. The molecular weight excluding hydrogens is 255 g/mol. The molecule has 18 heavy (non-hydrogen) atoms. The van der Waals surface area contributed by atoms with Crippen LogP contribution in [-0.2, 0) is 0 Å². The Bertz CT molecular complexity index is 572. The van der Waals surface area contributed by atoms with E-state index in [4.69, 9.17) is 5.73 Å². The van der Waals surface area contributed by atoms with Gasteiger partial charge in [0.15, 0.2) is 0 Å². The summed E-state index contributed by atoms with van der Waals surface area (Å²) >= 11 is 1.01.